The van der Waals surface area contributed by atoms with Gasteiger partial charge in [0.05, 0.1) is 31.1 Å². The average Bonchev–Trinajstić information content (AvgIpc) is 2.37. The molecule has 106 valence electrons. The molecule has 1 aliphatic rings. The van der Waals surface area contributed by atoms with Gasteiger partial charge in [-0.1, -0.05) is 0 Å². The summed E-state index contributed by atoms with van der Waals surface area (Å²) in [5, 5.41) is 0. The van der Waals surface area contributed by atoms with Crippen molar-refractivity contribution in [2.75, 3.05) is 32.2 Å². The molecular weight excluding hydrogens is 263 g/mol. The molecule has 1 heterocycles. The van der Waals surface area contributed by atoms with Gasteiger partial charge in [0.15, 0.2) is 0 Å². The van der Waals surface area contributed by atoms with E-state index in [1.807, 2.05) is 0 Å². The Labute approximate surface area is 108 Å². The van der Waals surface area contributed by atoms with E-state index in [0.29, 0.717) is 19.8 Å². The predicted octanol–water partition coefficient (Wildman–Crippen LogP) is 2.08. The van der Waals surface area contributed by atoms with E-state index in [-0.39, 0.29) is 24.1 Å². The van der Waals surface area contributed by atoms with Gasteiger partial charge in [-0.05, 0) is 18.2 Å². The molecule has 7 heteroatoms. The largest absolute Gasteiger partial charge is 0.489 e. The zero-order valence-electron chi connectivity index (χ0n) is 10.1. The Kier molecular flexibility index (Phi) is 4.16. The Morgan fingerprint density at radius 3 is 2.68 bits per heavy atom. The molecule has 2 N–H and O–H groups in total. The third-order valence-electron chi connectivity index (χ3n) is 2.65. The van der Waals surface area contributed by atoms with Gasteiger partial charge >= 0.3 is 6.18 Å². The second-order valence-electron chi connectivity index (χ2n) is 4.13. The van der Waals surface area contributed by atoms with Crippen LogP contribution in [0, 0.1) is 0 Å². The summed E-state index contributed by atoms with van der Waals surface area (Å²) in [7, 11) is 0. The number of anilines is 1. The first kappa shape index (κ1) is 14.0. The summed E-state index contributed by atoms with van der Waals surface area (Å²) >= 11 is 0. The first-order valence-corrected chi connectivity index (χ1v) is 5.75. The van der Waals surface area contributed by atoms with Crippen molar-refractivity contribution in [3.05, 3.63) is 23.8 Å². The van der Waals surface area contributed by atoms with Crippen molar-refractivity contribution in [3.8, 4) is 5.75 Å². The van der Waals surface area contributed by atoms with E-state index >= 15 is 0 Å². The molecule has 1 saturated heterocycles. The maximum absolute atomic E-state index is 12.4. The van der Waals surface area contributed by atoms with Gasteiger partial charge in [-0.2, -0.15) is 13.2 Å². The summed E-state index contributed by atoms with van der Waals surface area (Å²) in [4.78, 5) is 0. The fourth-order valence-corrected chi connectivity index (χ4v) is 1.67. The minimum atomic E-state index is -4.41. The van der Waals surface area contributed by atoms with E-state index in [9.17, 15) is 13.2 Å². The SMILES string of the molecule is Nc1cc(C(F)(F)F)ccc1OCC1COCCO1. The number of hydrogen-bond donors (Lipinski definition) is 1. The molecule has 1 aromatic carbocycles. The Bertz CT molecular complexity index is 431. The van der Waals surface area contributed by atoms with Crippen LogP contribution in [0.3, 0.4) is 0 Å². The topological polar surface area (TPSA) is 53.7 Å². The summed E-state index contributed by atoms with van der Waals surface area (Å²) in [5.41, 5.74) is 4.69. The van der Waals surface area contributed by atoms with Gasteiger partial charge in [-0.15, -0.1) is 0 Å². The lowest BCUT2D eigenvalue weighted by Crippen LogP contribution is -2.33. The molecule has 1 aromatic rings. The van der Waals surface area contributed by atoms with Crippen molar-refractivity contribution in [1.82, 2.24) is 0 Å². The zero-order valence-corrected chi connectivity index (χ0v) is 10.1. The molecule has 0 spiro atoms. The van der Waals surface area contributed by atoms with Crippen LogP contribution >= 0.6 is 0 Å². The molecule has 0 aliphatic carbocycles. The third-order valence-corrected chi connectivity index (χ3v) is 2.65. The van der Waals surface area contributed by atoms with Gasteiger partial charge in [0.25, 0.3) is 0 Å². The lowest BCUT2D eigenvalue weighted by atomic mass is 10.2. The highest BCUT2D eigenvalue weighted by atomic mass is 19.4. The van der Waals surface area contributed by atoms with Crippen LogP contribution in [0.2, 0.25) is 0 Å². The highest BCUT2D eigenvalue weighted by Crippen LogP contribution is 2.33. The number of nitrogen functional groups attached to an aromatic ring is 1. The second-order valence-corrected chi connectivity index (χ2v) is 4.13. The number of benzene rings is 1. The quantitative estimate of drug-likeness (QED) is 0.859. The van der Waals surface area contributed by atoms with Gasteiger partial charge in [0, 0.05) is 0 Å². The number of nitrogens with two attached hydrogens (primary N) is 1. The first-order chi connectivity index (χ1) is 8.97. The number of halogens is 3. The van der Waals surface area contributed by atoms with Crippen LogP contribution in [0.25, 0.3) is 0 Å². The molecule has 0 saturated carbocycles. The van der Waals surface area contributed by atoms with Gasteiger partial charge in [-0.3, -0.25) is 0 Å². The minimum Gasteiger partial charge on any atom is -0.489 e. The summed E-state index contributed by atoms with van der Waals surface area (Å²) in [6.45, 7) is 1.62. The van der Waals surface area contributed by atoms with Crippen molar-refractivity contribution in [2.45, 2.75) is 12.3 Å². The number of hydrogen-bond acceptors (Lipinski definition) is 4. The molecule has 0 bridgehead atoms. The van der Waals surface area contributed by atoms with E-state index in [4.69, 9.17) is 19.9 Å². The van der Waals surface area contributed by atoms with E-state index in [1.165, 1.54) is 6.07 Å². The Morgan fingerprint density at radius 2 is 2.11 bits per heavy atom. The average molecular weight is 277 g/mol. The van der Waals surface area contributed by atoms with Gasteiger partial charge in [0.2, 0.25) is 0 Å². The molecule has 4 nitrogen and oxygen atoms in total. The van der Waals surface area contributed by atoms with E-state index in [0.717, 1.165) is 12.1 Å². The van der Waals surface area contributed by atoms with Crippen LogP contribution in [-0.4, -0.2) is 32.5 Å². The number of ether oxygens (including phenoxy) is 3. The normalized spacial score (nSPS) is 20.3. The van der Waals surface area contributed by atoms with Gasteiger partial charge in [0.1, 0.15) is 18.5 Å². The maximum atomic E-state index is 12.4. The zero-order chi connectivity index (χ0) is 13.9. The number of rotatable bonds is 3. The molecule has 0 aromatic heterocycles. The molecule has 1 aliphatic heterocycles. The first-order valence-electron chi connectivity index (χ1n) is 5.75. The van der Waals surface area contributed by atoms with Crippen LogP contribution in [-0.2, 0) is 15.7 Å². The summed E-state index contributed by atoms with van der Waals surface area (Å²) in [6.07, 6.45) is -4.64. The summed E-state index contributed by atoms with van der Waals surface area (Å²) in [5.74, 6) is 0.210. The lowest BCUT2D eigenvalue weighted by molar-refractivity contribution is -0.137. The summed E-state index contributed by atoms with van der Waals surface area (Å²) in [6, 6.07) is 3.00. The Balaban J connectivity index is 1.97. The van der Waals surface area contributed by atoms with Crippen molar-refractivity contribution >= 4 is 5.69 Å². The molecule has 0 amide bonds. The van der Waals surface area contributed by atoms with Crippen LogP contribution in [0.4, 0.5) is 18.9 Å². The van der Waals surface area contributed by atoms with E-state index < -0.39 is 11.7 Å². The van der Waals surface area contributed by atoms with Crippen LogP contribution in [0.1, 0.15) is 5.56 Å². The van der Waals surface area contributed by atoms with Crippen molar-refractivity contribution in [2.24, 2.45) is 0 Å². The van der Waals surface area contributed by atoms with Crippen LogP contribution < -0.4 is 10.5 Å². The van der Waals surface area contributed by atoms with Crippen molar-refractivity contribution in [1.29, 1.82) is 0 Å². The minimum absolute atomic E-state index is 0.0495. The second kappa shape index (κ2) is 5.66. The smallest absolute Gasteiger partial charge is 0.416 e. The summed E-state index contributed by atoms with van der Waals surface area (Å²) < 4.78 is 53.2. The Morgan fingerprint density at radius 1 is 1.32 bits per heavy atom. The lowest BCUT2D eigenvalue weighted by Gasteiger charge is -2.23. The van der Waals surface area contributed by atoms with Crippen molar-refractivity contribution in [3.63, 3.8) is 0 Å². The fourth-order valence-electron chi connectivity index (χ4n) is 1.67. The molecule has 2 rings (SSSR count). The third kappa shape index (κ3) is 3.74. The predicted molar refractivity (Wildman–Crippen MR) is 61.9 cm³/mol. The fraction of sp³-hybridized carbons (Fsp3) is 0.500. The van der Waals surface area contributed by atoms with Crippen molar-refractivity contribution < 1.29 is 27.4 Å². The van der Waals surface area contributed by atoms with Crippen LogP contribution in [0.15, 0.2) is 18.2 Å². The monoisotopic (exact) mass is 277 g/mol. The molecule has 1 unspecified atom stereocenters. The molecule has 1 atom stereocenters. The number of alkyl halides is 3. The molecule has 19 heavy (non-hydrogen) atoms. The highest BCUT2D eigenvalue weighted by molar-refractivity contribution is 5.54. The standard InChI is InChI=1S/C12H14F3NO3/c13-12(14,15)8-1-2-11(10(16)5-8)19-7-9-6-17-3-4-18-9/h1-2,5,9H,3-4,6-7,16H2. The molecule has 1 fully saturated rings. The highest BCUT2D eigenvalue weighted by Gasteiger charge is 2.31. The van der Waals surface area contributed by atoms with E-state index in [2.05, 4.69) is 0 Å². The molecular formula is C12H14F3NO3. The van der Waals surface area contributed by atoms with E-state index in [1.54, 1.807) is 0 Å². The molecule has 0 radical (unpaired) electrons. The van der Waals surface area contributed by atoms with Crippen LogP contribution in [0.5, 0.6) is 5.75 Å². The van der Waals surface area contributed by atoms with Gasteiger partial charge in [-0.25, -0.2) is 0 Å². The Hall–Kier alpha value is -1.47. The van der Waals surface area contributed by atoms with Gasteiger partial charge < -0.3 is 19.9 Å². The maximum Gasteiger partial charge on any atom is 0.416 e.